The van der Waals surface area contributed by atoms with Crippen LogP contribution in [0.3, 0.4) is 0 Å². The van der Waals surface area contributed by atoms with E-state index in [2.05, 4.69) is 15.7 Å². The zero-order valence-electron chi connectivity index (χ0n) is 9.90. The fourth-order valence-corrected chi connectivity index (χ4v) is 1.45. The molecule has 0 aliphatic rings. The van der Waals surface area contributed by atoms with Gasteiger partial charge in [-0.2, -0.15) is 0 Å². The van der Waals surface area contributed by atoms with Gasteiger partial charge in [0.2, 0.25) is 5.96 Å². The number of benzene rings is 2. The molecular weight excluding hydrogens is 250 g/mol. The minimum absolute atomic E-state index is 0.107. The highest BCUT2D eigenvalue weighted by atomic mass is 19.1. The van der Waals surface area contributed by atoms with Gasteiger partial charge < -0.3 is 5.32 Å². The first-order chi connectivity index (χ1) is 9.19. The summed E-state index contributed by atoms with van der Waals surface area (Å²) in [6.45, 7) is 0. The van der Waals surface area contributed by atoms with Crippen LogP contribution < -0.4 is 16.6 Å². The van der Waals surface area contributed by atoms with Crippen LogP contribution in [-0.4, -0.2) is 5.96 Å². The van der Waals surface area contributed by atoms with Crippen LogP contribution in [0, 0.1) is 11.6 Å². The lowest BCUT2D eigenvalue weighted by atomic mass is 10.3. The standard InChI is InChI=1S/C13H12F2N4/c14-9-6-7-11(15)12(8-9)18-13(19-16)17-10-4-2-1-3-5-10/h1-8H,16H2,(H2,17,18,19). The van der Waals surface area contributed by atoms with E-state index in [-0.39, 0.29) is 11.6 Å². The van der Waals surface area contributed by atoms with E-state index < -0.39 is 11.6 Å². The predicted octanol–water partition coefficient (Wildman–Crippen LogP) is 2.53. The van der Waals surface area contributed by atoms with Crippen LogP contribution in [0.5, 0.6) is 0 Å². The molecule has 0 amide bonds. The molecule has 19 heavy (non-hydrogen) atoms. The van der Waals surface area contributed by atoms with Crippen molar-refractivity contribution in [3.63, 3.8) is 0 Å². The summed E-state index contributed by atoms with van der Waals surface area (Å²) in [7, 11) is 0. The van der Waals surface area contributed by atoms with Crippen LogP contribution in [0.15, 0.2) is 53.5 Å². The average molecular weight is 262 g/mol. The van der Waals surface area contributed by atoms with Gasteiger partial charge in [0.15, 0.2) is 0 Å². The van der Waals surface area contributed by atoms with Gasteiger partial charge in [-0.1, -0.05) is 18.2 Å². The number of nitrogens with zero attached hydrogens (tertiary/aromatic N) is 1. The molecule has 0 heterocycles. The number of hydrazine groups is 1. The number of hydrogen-bond acceptors (Lipinski definition) is 2. The second kappa shape index (κ2) is 5.92. The van der Waals surface area contributed by atoms with E-state index in [4.69, 9.17) is 5.84 Å². The number of rotatable bonds is 2. The third-order valence-electron chi connectivity index (χ3n) is 2.31. The molecule has 4 N–H and O–H groups in total. The summed E-state index contributed by atoms with van der Waals surface area (Å²) in [5.74, 6) is 4.20. The molecule has 0 aliphatic carbocycles. The maximum absolute atomic E-state index is 13.4. The molecule has 0 fully saturated rings. The van der Waals surface area contributed by atoms with Gasteiger partial charge in [-0.3, -0.25) is 5.43 Å². The van der Waals surface area contributed by atoms with Gasteiger partial charge in [-0.15, -0.1) is 0 Å². The van der Waals surface area contributed by atoms with Crippen LogP contribution in [0.4, 0.5) is 20.2 Å². The van der Waals surface area contributed by atoms with E-state index in [1.54, 1.807) is 12.1 Å². The van der Waals surface area contributed by atoms with Gasteiger partial charge in [0.25, 0.3) is 0 Å². The van der Waals surface area contributed by atoms with Crippen LogP contribution in [0.25, 0.3) is 0 Å². The van der Waals surface area contributed by atoms with Crippen molar-refractivity contribution in [1.29, 1.82) is 0 Å². The monoisotopic (exact) mass is 262 g/mol. The average Bonchev–Trinajstić information content (AvgIpc) is 2.43. The van der Waals surface area contributed by atoms with Crippen molar-refractivity contribution < 1.29 is 8.78 Å². The highest BCUT2D eigenvalue weighted by molar-refractivity contribution is 5.94. The first-order valence-electron chi connectivity index (χ1n) is 5.51. The Morgan fingerprint density at radius 3 is 2.47 bits per heavy atom. The number of aliphatic imine (C=N–C) groups is 1. The predicted molar refractivity (Wildman–Crippen MR) is 70.8 cm³/mol. The number of para-hydroxylation sites is 1. The Hall–Kier alpha value is -2.47. The molecule has 0 aromatic heterocycles. The molecule has 2 aromatic carbocycles. The van der Waals surface area contributed by atoms with E-state index in [9.17, 15) is 8.78 Å². The van der Waals surface area contributed by atoms with Crippen molar-refractivity contribution in [2.24, 2.45) is 10.8 Å². The Morgan fingerprint density at radius 1 is 1.05 bits per heavy atom. The Kier molecular flexibility index (Phi) is 4.04. The van der Waals surface area contributed by atoms with Crippen molar-refractivity contribution >= 4 is 17.3 Å². The summed E-state index contributed by atoms with van der Waals surface area (Å²) < 4.78 is 26.5. The topological polar surface area (TPSA) is 62.4 Å². The lowest BCUT2D eigenvalue weighted by Gasteiger charge is -2.09. The molecule has 0 atom stereocenters. The Morgan fingerprint density at radius 2 is 1.79 bits per heavy atom. The van der Waals surface area contributed by atoms with Crippen molar-refractivity contribution in [3.05, 3.63) is 60.2 Å². The Labute approximate surface area is 108 Å². The fraction of sp³-hybridized carbons (Fsp3) is 0. The summed E-state index contributed by atoms with van der Waals surface area (Å²) in [5.41, 5.74) is 2.87. The minimum Gasteiger partial charge on any atom is -0.325 e. The zero-order chi connectivity index (χ0) is 13.7. The Bertz CT molecular complexity index is 584. The van der Waals surface area contributed by atoms with Gasteiger partial charge in [0, 0.05) is 11.8 Å². The molecule has 98 valence electrons. The molecule has 0 bridgehead atoms. The van der Waals surface area contributed by atoms with Crippen LogP contribution >= 0.6 is 0 Å². The summed E-state index contributed by atoms with van der Waals surface area (Å²) in [5, 5.41) is 2.85. The molecule has 0 aliphatic heterocycles. The minimum atomic E-state index is -0.635. The van der Waals surface area contributed by atoms with E-state index in [0.717, 1.165) is 23.9 Å². The molecule has 0 saturated heterocycles. The van der Waals surface area contributed by atoms with Crippen molar-refractivity contribution in [3.8, 4) is 0 Å². The lowest BCUT2D eigenvalue weighted by molar-refractivity contribution is 0.602. The third-order valence-corrected chi connectivity index (χ3v) is 2.31. The fourth-order valence-electron chi connectivity index (χ4n) is 1.45. The molecule has 0 unspecified atom stereocenters. The van der Waals surface area contributed by atoms with Gasteiger partial charge in [0.1, 0.15) is 17.3 Å². The van der Waals surface area contributed by atoms with Crippen LogP contribution in [0.2, 0.25) is 0 Å². The molecule has 0 saturated carbocycles. The molecule has 2 aromatic rings. The first-order valence-corrected chi connectivity index (χ1v) is 5.51. The van der Waals surface area contributed by atoms with Gasteiger partial charge in [-0.25, -0.2) is 19.6 Å². The Balaban J connectivity index is 2.26. The summed E-state index contributed by atoms with van der Waals surface area (Å²) in [6.07, 6.45) is 0. The number of halogens is 2. The highest BCUT2D eigenvalue weighted by Crippen LogP contribution is 2.19. The first kappa shape index (κ1) is 13.0. The van der Waals surface area contributed by atoms with Gasteiger partial charge in [0.05, 0.1) is 0 Å². The smallest absolute Gasteiger partial charge is 0.215 e. The SMILES string of the molecule is NNC(=Nc1cc(F)ccc1F)Nc1ccccc1. The lowest BCUT2D eigenvalue weighted by Crippen LogP contribution is -2.36. The normalized spacial score (nSPS) is 11.2. The third kappa shape index (κ3) is 3.49. The van der Waals surface area contributed by atoms with Gasteiger partial charge >= 0.3 is 0 Å². The highest BCUT2D eigenvalue weighted by Gasteiger charge is 2.05. The van der Waals surface area contributed by atoms with Crippen molar-refractivity contribution in [2.45, 2.75) is 0 Å². The second-order valence-corrected chi connectivity index (χ2v) is 3.69. The maximum Gasteiger partial charge on any atom is 0.215 e. The van der Waals surface area contributed by atoms with Crippen LogP contribution in [0.1, 0.15) is 0 Å². The number of hydrogen-bond donors (Lipinski definition) is 3. The van der Waals surface area contributed by atoms with Crippen molar-refractivity contribution in [2.75, 3.05) is 5.32 Å². The number of nitrogens with two attached hydrogens (primary N) is 1. The summed E-state index contributed by atoms with van der Waals surface area (Å²) >= 11 is 0. The maximum atomic E-state index is 13.4. The number of nitrogens with one attached hydrogen (secondary N) is 2. The van der Waals surface area contributed by atoms with E-state index in [0.29, 0.717) is 0 Å². The van der Waals surface area contributed by atoms with E-state index in [1.165, 1.54) is 0 Å². The van der Waals surface area contributed by atoms with E-state index in [1.807, 2.05) is 18.2 Å². The summed E-state index contributed by atoms with van der Waals surface area (Å²) in [6, 6.07) is 12.1. The molecular formula is C13H12F2N4. The van der Waals surface area contributed by atoms with Gasteiger partial charge in [-0.05, 0) is 24.3 Å². The molecule has 4 nitrogen and oxygen atoms in total. The molecule has 0 radical (unpaired) electrons. The largest absolute Gasteiger partial charge is 0.325 e. The van der Waals surface area contributed by atoms with Crippen LogP contribution in [-0.2, 0) is 0 Å². The number of guanidine groups is 1. The quantitative estimate of drug-likeness (QED) is 0.337. The van der Waals surface area contributed by atoms with Crippen molar-refractivity contribution in [1.82, 2.24) is 5.43 Å². The number of anilines is 1. The molecule has 0 spiro atoms. The van der Waals surface area contributed by atoms with E-state index >= 15 is 0 Å². The summed E-state index contributed by atoms with van der Waals surface area (Å²) in [4.78, 5) is 3.89. The second-order valence-electron chi connectivity index (χ2n) is 3.69. The zero-order valence-corrected chi connectivity index (χ0v) is 9.90. The molecule has 2 rings (SSSR count). The molecule has 6 heteroatoms.